The highest BCUT2D eigenvalue weighted by Gasteiger charge is 2.20. The van der Waals surface area contributed by atoms with E-state index in [1.807, 2.05) is 0 Å². The van der Waals surface area contributed by atoms with Crippen LogP contribution in [0.5, 0.6) is 5.75 Å². The summed E-state index contributed by atoms with van der Waals surface area (Å²) >= 11 is 0. The molecule has 0 aliphatic carbocycles. The lowest BCUT2D eigenvalue weighted by Gasteiger charge is -2.19. The smallest absolute Gasteiger partial charge is 0.227 e. The van der Waals surface area contributed by atoms with Gasteiger partial charge in [-0.2, -0.15) is 0 Å². The van der Waals surface area contributed by atoms with E-state index in [2.05, 4.69) is 26.1 Å². The second-order valence-electron chi connectivity index (χ2n) is 4.68. The predicted octanol–water partition coefficient (Wildman–Crippen LogP) is 3.40. The van der Waals surface area contributed by atoms with E-state index in [-0.39, 0.29) is 17.6 Å². The fourth-order valence-electron chi connectivity index (χ4n) is 1.86. The SMILES string of the molecule is CCCC(C(=O)Nc1ccc(O)cc1)C(C)C. The summed E-state index contributed by atoms with van der Waals surface area (Å²) in [4.78, 5) is 12.1. The zero-order valence-electron chi connectivity index (χ0n) is 10.7. The molecule has 0 aliphatic rings. The van der Waals surface area contributed by atoms with Crippen LogP contribution in [-0.2, 0) is 4.79 Å². The van der Waals surface area contributed by atoms with Gasteiger partial charge in [0.1, 0.15) is 5.75 Å². The van der Waals surface area contributed by atoms with Gasteiger partial charge < -0.3 is 10.4 Å². The molecule has 1 aromatic carbocycles. The first-order chi connectivity index (χ1) is 8.04. The number of hydrogen-bond acceptors (Lipinski definition) is 2. The Hall–Kier alpha value is -1.51. The monoisotopic (exact) mass is 235 g/mol. The minimum Gasteiger partial charge on any atom is -0.508 e. The molecule has 0 radical (unpaired) electrons. The van der Waals surface area contributed by atoms with Crippen LogP contribution in [0, 0.1) is 11.8 Å². The Bertz CT molecular complexity index is 357. The van der Waals surface area contributed by atoms with E-state index in [9.17, 15) is 4.79 Å². The van der Waals surface area contributed by atoms with Crippen LogP contribution in [0.4, 0.5) is 5.69 Å². The second-order valence-corrected chi connectivity index (χ2v) is 4.68. The molecule has 2 N–H and O–H groups in total. The molecule has 1 aromatic rings. The minimum absolute atomic E-state index is 0.0498. The van der Waals surface area contributed by atoms with Crippen LogP contribution in [0.1, 0.15) is 33.6 Å². The summed E-state index contributed by atoms with van der Waals surface area (Å²) in [5.41, 5.74) is 0.731. The Kier molecular flexibility index (Phi) is 5.01. The summed E-state index contributed by atoms with van der Waals surface area (Å²) in [7, 11) is 0. The third-order valence-corrected chi connectivity index (χ3v) is 2.88. The number of nitrogens with one attached hydrogen (secondary N) is 1. The molecule has 94 valence electrons. The van der Waals surface area contributed by atoms with Gasteiger partial charge in [0.25, 0.3) is 0 Å². The molecule has 0 spiro atoms. The van der Waals surface area contributed by atoms with Crippen molar-refractivity contribution in [3.8, 4) is 5.75 Å². The summed E-state index contributed by atoms with van der Waals surface area (Å²) in [6, 6.07) is 6.55. The molecule has 0 saturated carbocycles. The molecule has 1 rings (SSSR count). The normalized spacial score (nSPS) is 12.5. The van der Waals surface area contributed by atoms with Crippen molar-refractivity contribution in [3.63, 3.8) is 0 Å². The summed E-state index contributed by atoms with van der Waals surface area (Å²) in [5.74, 6) is 0.658. The van der Waals surface area contributed by atoms with Gasteiger partial charge in [-0.25, -0.2) is 0 Å². The summed E-state index contributed by atoms with van der Waals surface area (Å²) in [6.45, 7) is 6.22. The number of hydrogen-bond donors (Lipinski definition) is 2. The van der Waals surface area contributed by atoms with Crippen LogP contribution in [-0.4, -0.2) is 11.0 Å². The van der Waals surface area contributed by atoms with E-state index in [1.54, 1.807) is 24.3 Å². The molecule has 0 aromatic heterocycles. The number of phenolic OH excluding ortho intramolecular Hbond substituents is 1. The van der Waals surface area contributed by atoms with Crippen LogP contribution < -0.4 is 5.32 Å². The number of phenols is 1. The van der Waals surface area contributed by atoms with Gasteiger partial charge in [0, 0.05) is 11.6 Å². The van der Waals surface area contributed by atoms with Crippen molar-refractivity contribution in [2.75, 3.05) is 5.32 Å². The Morgan fingerprint density at radius 1 is 1.29 bits per heavy atom. The Morgan fingerprint density at radius 2 is 1.88 bits per heavy atom. The van der Waals surface area contributed by atoms with E-state index >= 15 is 0 Å². The minimum atomic E-state index is 0.0498. The average Bonchev–Trinajstić information content (AvgIpc) is 2.28. The third-order valence-electron chi connectivity index (χ3n) is 2.88. The highest BCUT2D eigenvalue weighted by molar-refractivity contribution is 5.92. The molecule has 0 fully saturated rings. The number of benzene rings is 1. The highest BCUT2D eigenvalue weighted by Crippen LogP contribution is 2.20. The van der Waals surface area contributed by atoms with Crippen molar-refractivity contribution in [2.24, 2.45) is 11.8 Å². The quantitative estimate of drug-likeness (QED) is 0.768. The van der Waals surface area contributed by atoms with Crippen molar-refractivity contribution in [2.45, 2.75) is 33.6 Å². The zero-order chi connectivity index (χ0) is 12.8. The molecule has 0 bridgehead atoms. The summed E-state index contributed by atoms with van der Waals surface area (Å²) in [6.07, 6.45) is 1.91. The van der Waals surface area contributed by atoms with Crippen LogP contribution in [0.3, 0.4) is 0 Å². The number of anilines is 1. The highest BCUT2D eigenvalue weighted by atomic mass is 16.3. The molecule has 1 amide bonds. The molecule has 3 nitrogen and oxygen atoms in total. The number of amides is 1. The first-order valence-corrected chi connectivity index (χ1v) is 6.14. The van der Waals surface area contributed by atoms with Gasteiger partial charge in [-0.05, 0) is 36.6 Å². The first kappa shape index (κ1) is 13.6. The lowest BCUT2D eigenvalue weighted by atomic mass is 9.90. The molecule has 0 heterocycles. The van der Waals surface area contributed by atoms with Crippen molar-refractivity contribution in [3.05, 3.63) is 24.3 Å². The molecule has 17 heavy (non-hydrogen) atoms. The Labute approximate surface area is 103 Å². The fourth-order valence-corrected chi connectivity index (χ4v) is 1.86. The maximum Gasteiger partial charge on any atom is 0.227 e. The number of rotatable bonds is 5. The Balaban J connectivity index is 2.66. The van der Waals surface area contributed by atoms with Gasteiger partial charge in [-0.15, -0.1) is 0 Å². The molecule has 3 heteroatoms. The van der Waals surface area contributed by atoms with Crippen molar-refractivity contribution >= 4 is 11.6 Å². The summed E-state index contributed by atoms with van der Waals surface area (Å²) in [5, 5.41) is 12.0. The van der Waals surface area contributed by atoms with E-state index in [0.717, 1.165) is 18.5 Å². The van der Waals surface area contributed by atoms with Crippen LogP contribution in [0.25, 0.3) is 0 Å². The molecule has 0 aliphatic heterocycles. The van der Waals surface area contributed by atoms with Gasteiger partial charge in [0.2, 0.25) is 5.91 Å². The molecular formula is C14H21NO2. The van der Waals surface area contributed by atoms with Crippen LogP contribution >= 0.6 is 0 Å². The van der Waals surface area contributed by atoms with E-state index in [1.165, 1.54) is 0 Å². The molecule has 1 unspecified atom stereocenters. The number of aromatic hydroxyl groups is 1. The van der Waals surface area contributed by atoms with Crippen LogP contribution in [0.2, 0.25) is 0 Å². The van der Waals surface area contributed by atoms with Crippen molar-refractivity contribution in [1.29, 1.82) is 0 Å². The van der Waals surface area contributed by atoms with Gasteiger partial charge >= 0.3 is 0 Å². The van der Waals surface area contributed by atoms with Crippen molar-refractivity contribution < 1.29 is 9.90 Å². The largest absolute Gasteiger partial charge is 0.508 e. The topological polar surface area (TPSA) is 49.3 Å². The predicted molar refractivity (Wildman–Crippen MR) is 70.0 cm³/mol. The third kappa shape index (κ3) is 4.10. The van der Waals surface area contributed by atoms with Crippen LogP contribution in [0.15, 0.2) is 24.3 Å². The van der Waals surface area contributed by atoms with Gasteiger partial charge in [0.05, 0.1) is 0 Å². The fraction of sp³-hybridized carbons (Fsp3) is 0.500. The Morgan fingerprint density at radius 3 is 2.35 bits per heavy atom. The number of carbonyl (C=O) groups excluding carboxylic acids is 1. The second kappa shape index (κ2) is 6.28. The van der Waals surface area contributed by atoms with E-state index in [4.69, 9.17) is 5.11 Å². The maximum atomic E-state index is 12.1. The average molecular weight is 235 g/mol. The zero-order valence-corrected chi connectivity index (χ0v) is 10.7. The lowest BCUT2D eigenvalue weighted by molar-refractivity contribution is -0.121. The molecular weight excluding hydrogens is 214 g/mol. The van der Waals surface area contributed by atoms with E-state index < -0.39 is 0 Å². The summed E-state index contributed by atoms with van der Waals surface area (Å²) < 4.78 is 0. The van der Waals surface area contributed by atoms with Gasteiger partial charge in [-0.1, -0.05) is 27.2 Å². The lowest BCUT2D eigenvalue weighted by Crippen LogP contribution is -2.26. The first-order valence-electron chi connectivity index (χ1n) is 6.14. The standard InChI is InChI=1S/C14H21NO2/c1-4-5-13(10(2)3)14(17)15-11-6-8-12(16)9-7-11/h6-10,13,16H,4-5H2,1-3H3,(H,15,17). The van der Waals surface area contributed by atoms with Gasteiger partial charge in [-0.3, -0.25) is 4.79 Å². The van der Waals surface area contributed by atoms with Gasteiger partial charge in [0.15, 0.2) is 0 Å². The molecule has 1 atom stereocenters. The van der Waals surface area contributed by atoms with Crippen molar-refractivity contribution in [1.82, 2.24) is 0 Å². The number of carbonyl (C=O) groups is 1. The molecule has 0 saturated heterocycles. The maximum absolute atomic E-state index is 12.1. The van der Waals surface area contributed by atoms with E-state index in [0.29, 0.717) is 5.92 Å².